The quantitative estimate of drug-likeness (QED) is 0.819. The predicted molar refractivity (Wildman–Crippen MR) is 87.7 cm³/mol. The normalized spacial score (nSPS) is 11.6. The van der Waals surface area contributed by atoms with E-state index in [0.717, 1.165) is 5.56 Å². The van der Waals surface area contributed by atoms with Gasteiger partial charge in [0.15, 0.2) is 0 Å². The number of nitrogens with two attached hydrogens (primary N) is 1. The van der Waals surface area contributed by atoms with Crippen LogP contribution in [0.1, 0.15) is 18.9 Å². The topological polar surface area (TPSA) is 81.4 Å². The summed E-state index contributed by atoms with van der Waals surface area (Å²) < 4.78 is 18.4. The maximum atomic E-state index is 12.8. The Bertz CT molecular complexity index is 699. The number of benzene rings is 2. The highest BCUT2D eigenvalue weighted by molar-refractivity contribution is 5.84. The molecule has 2 aromatic carbocycles. The molecule has 1 atom stereocenters. The Morgan fingerprint density at radius 3 is 2.17 bits per heavy atom. The van der Waals surface area contributed by atoms with Crippen molar-refractivity contribution in [2.45, 2.75) is 19.9 Å². The summed E-state index contributed by atoms with van der Waals surface area (Å²) in [6.07, 6.45) is 0.0241. The molecule has 5 nitrogen and oxygen atoms in total. The van der Waals surface area contributed by atoms with E-state index in [9.17, 15) is 14.0 Å². The third kappa shape index (κ3) is 5.39. The minimum atomic E-state index is -0.500. The number of hydrogen-bond donors (Lipinski definition) is 2. The first-order valence-electron chi connectivity index (χ1n) is 7.52. The Labute approximate surface area is 139 Å². The first-order chi connectivity index (χ1) is 11.4. The molecule has 0 heterocycles. The lowest BCUT2D eigenvalue weighted by atomic mass is 10.1. The Hall–Kier alpha value is -2.89. The second kappa shape index (κ2) is 8.10. The molecular formula is C18H19FN2O3. The smallest absolute Gasteiger partial charge is 0.223 e. The van der Waals surface area contributed by atoms with Crippen LogP contribution in [0.15, 0.2) is 48.5 Å². The molecule has 24 heavy (non-hydrogen) atoms. The first-order valence-corrected chi connectivity index (χ1v) is 7.52. The zero-order valence-corrected chi connectivity index (χ0v) is 13.3. The van der Waals surface area contributed by atoms with Crippen LogP contribution in [-0.4, -0.2) is 11.8 Å². The second-order valence-electron chi connectivity index (χ2n) is 5.49. The highest BCUT2D eigenvalue weighted by Gasteiger charge is 2.14. The summed E-state index contributed by atoms with van der Waals surface area (Å²) in [6.45, 7) is 2.00. The molecule has 2 aromatic rings. The third-order valence-electron chi connectivity index (χ3n) is 3.39. The summed E-state index contributed by atoms with van der Waals surface area (Å²) in [5.74, 6) is -0.348. The monoisotopic (exact) mass is 330 g/mol. The van der Waals surface area contributed by atoms with Crippen LogP contribution < -0.4 is 15.8 Å². The molecule has 3 N–H and O–H groups in total. The van der Waals surface area contributed by atoms with E-state index < -0.39 is 11.8 Å². The van der Waals surface area contributed by atoms with Crippen LogP contribution in [0.5, 0.6) is 11.5 Å². The number of primary amides is 1. The second-order valence-corrected chi connectivity index (χ2v) is 5.49. The molecule has 2 rings (SSSR count). The van der Waals surface area contributed by atoms with E-state index in [1.165, 1.54) is 12.1 Å². The van der Waals surface area contributed by atoms with Crippen molar-refractivity contribution in [2.24, 2.45) is 11.7 Å². The molecule has 0 fully saturated rings. The Morgan fingerprint density at radius 2 is 1.62 bits per heavy atom. The fourth-order valence-electron chi connectivity index (χ4n) is 2.07. The lowest BCUT2D eigenvalue weighted by Gasteiger charge is -2.11. The molecule has 0 aliphatic carbocycles. The van der Waals surface area contributed by atoms with Crippen LogP contribution >= 0.6 is 0 Å². The molecule has 0 aromatic heterocycles. The fraction of sp³-hybridized carbons (Fsp3) is 0.222. The number of carbonyl (C=O) groups is 2. The average molecular weight is 330 g/mol. The lowest BCUT2D eigenvalue weighted by Crippen LogP contribution is -2.31. The van der Waals surface area contributed by atoms with E-state index in [-0.39, 0.29) is 18.1 Å². The minimum Gasteiger partial charge on any atom is -0.457 e. The molecule has 0 radical (unpaired) electrons. The van der Waals surface area contributed by atoms with E-state index >= 15 is 0 Å². The van der Waals surface area contributed by atoms with Gasteiger partial charge in [-0.25, -0.2) is 4.39 Å². The summed E-state index contributed by atoms with van der Waals surface area (Å²) in [6, 6.07) is 12.9. The van der Waals surface area contributed by atoms with Gasteiger partial charge in [-0.1, -0.05) is 19.1 Å². The van der Waals surface area contributed by atoms with Gasteiger partial charge in [0.2, 0.25) is 11.8 Å². The van der Waals surface area contributed by atoms with Crippen LogP contribution in [0.4, 0.5) is 4.39 Å². The maximum absolute atomic E-state index is 12.8. The number of halogens is 1. The third-order valence-corrected chi connectivity index (χ3v) is 3.39. The molecule has 0 spiro atoms. The van der Waals surface area contributed by atoms with Gasteiger partial charge in [0.1, 0.15) is 17.3 Å². The summed E-state index contributed by atoms with van der Waals surface area (Å²) in [7, 11) is 0. The van der Waals surface area contributed by atoms with E-state index in [0.29, 0.717) is 18.0 Å². The number of ether oxygens (including phenoxy) is 1. The van der Waals surface area contributed by atoms with Crippen LogP contribution in [0.2, 0.25) is 0 Å². The Morgan fingerprint density at radius 1 is 1.08 bits per heavy atom. The molecule has 126 valence electrons. The Balaban J connectivity index is 1.86. The van der Waals surface area contributed by atoms with Crippen molar-refractivity contribution in [3.63, 3.8) is 0 Å². The summed E-state index contributed by atoms with van der Waals surface area (Å²) >= 11 is 0. The van der Waals surface area contributed by atoms with Crippen molar-refractivity contribution in [1.29, 1.82) is 0 Å². The fourth-order valence-corrected chi connectivity index (χ4v) is 2.07. The molecule has 2 amide bonds. The van der Waals surface area contributed by atoms with Gasteiger partial charge in [-0.15, -0.1) is 0 Å². The summed E-state index contributed by atoms with van der Waals surface area (Å²) in [5.41, 5.74) is 5.96. The van der Waals surface area contributed by atoms with Gasteiger partial charge < -0.3 is 15.8 Å². The number of nitrogens with one attached hydrogen (secondary N) is 1. The SMILES string of the molecule is CC(CC(N)=O)C(=O)NCc1ccc(Oc2ccc(F)cc2)cc1. The average Bonchev–Trinajstić information content (AvgIpc) is 2.55. The molecule has 0 saturated carbocycles. The standard InChI is InChI=1S/C18H19FN2O3/c1-12(10-17(20)22)18(23)21-11-13-2-6-15(7-3-13)24-16-8-4-14(19)5-9-16/h2-9,12H,10-11H2,1H3,(H2,20,22)(H,21,23). The number of carbonyl (C=O) groups excluding carboxylic acids is 2. The predicted octanol–water partition coefficient (Wildman–Crippen LogP) is 2.75. The molecule has 0 aliphatic rings. The van der Waals surface area contributed by atoms with Crippen molar-refractivity contribution < 1.29 is 18.7 Å². The zero-order valence-electron chi connectivity index (χ0n) is 13.3. The maximum Gasteiger partial charge on any atom is 0.223 e. The van der Waals surface area contributed by atoms with Gasteiger partial charge >= 0.3 is 0 Å². The molecule has 0 saturated heterocycles. The van der Waals surface area contributed by atoms with Crippen LogP contribution in [0.3, 0.4) is 0 Å². The van der Waals surface area contributed by atoms with E-state index in [1.807, 2.05) is 12.1 Å². The van der Waals surface area contributed by atoms with Crippen LogP contribution in [0, 0.1) is 11.7 Å². The summed E-state index contributed by atoms with van der Waals surface area (Å²) in [5, 5.41) is 2.75. The van der Waals surface area contributed by atoms with Gasteiger partial charge in [-0.3, -0.25) is 9.59 Å². The minimum absolute atomic E-state index is 0.0241. The highest BCUT2D eigenvalue weighted by Crippen LogP contribution is 2.21. The summed E-state index contributed by atoms with van der Waals surface area (Å²) in [4.78, 5) is 22.6. The van der Waals surface area contributed by atoms with Gasteiger partial charge in [0, 0.05) is 18.9 Å². The van der Waals surface area contributed by atoms with Crippen molar-refractivity contribution in [3.05, 3.63) is 59.9 Å². The van der Waals surface area contributed by atoms with Gasteiger partial charge in [0.25, 0.3) is 0 Å². The van der Waals surface area contributed by atoms with E-state index in [2.05, 4.69) is 5.32 Å². The Kier molecular flexibility index (Phi) is 5.89. The van der Waals surface area contributed by atoms with Gasteiger partial charge in [-0.05, 0) is 42.0 Å². The van der Waals surface area contributed by atoms with Crippen molar-refractivity contribution >= 4 is 11.8 Å². The van der Waals surface area contributed by atoms with E-state index in [4.69, 9.17) is 10.5 Å². The number of hydrogen-bond acceptors (Lipinski definition) is 3. The lowest BCUT2D eigenvalue weighted by molar-refractivity contribution is -0.128. The molecule has 0 bridgehead atoms. The molecule has 6 heteroatoms. The van der Waals surface area contributed by atoms with Crippen LogP contribution in [0.25, 0.3) is 0 Å². The molecule has 1 unspecified atom stereocenters. The van der Waals surface area contributed by atoms with Gasteiger partial charge in [-0.2, -0.15) is 0 Å². The number of rotatable bonds is 7. The molecular weight excluding hydrogens is 311 g/mol. The largest absolute Gasteiger partial charge is 0.457 e. The van der Waals surface area contributed by atoms with Crippen molar-refractivity contribution in [3.8, 4) is 11.5 Å². The van der Waals surface area contributed by atoms with Crippen LogP contribution in [-0.2, 0) is 16.1 Å². The van der Waals surface area contributed by atoms with Gasteiger partial charge in [0.05, 0.1) is 0 Å². The molecule has 0 aliphatic heterocycles. The number of amides is 2. The highest BCUT2D eigenvalue weighted by atomic mass is 19.1. The first kappa shape index (κ1) is 17.5. The van der Waals surface area contributed by atoms with Crippen molar-refractivity contribution in [2.75, 3.05) is 0 Å². The van der Waals surface area contributed by atoms with E-state index in [1.54, 1.807) is 31.2 Å². The van der Waals surface area contributed by atoms with Crippen molar-refractivity contribution in [1.82, 2.24) is 5.32 Å². The zero-order chi connectivity index (χ0) is 17.5.